The molecule has 2 aromatic carbocycles. The van der Waals surface area contributed by atoms with Crippen molar-refractivity contribution in [2.24, 2.45) is 0 Å². The Kier molecular flexibility index (Phi) is 9.70. The van der Waals surface area contributed by atoms with Crippen LogP contribution in [0.1, 0.15) is 48.0 Å². The van der Waals surface area contributed by atoms with E-state index in [0.717, 1.165) is 30.7 Å². The van der Waals surface area contributed by atoms with Crippen LogP contribution in [-0.4, -0.2) is 54.7 Å². The molecule has 3 heterocycles. The number of sulfonamides is 1. The predicted octanol–water partition coefficient (Wildman–Crippen LogP) is 5.36. The molecule has 10 nitrogen and oxygen atoms in total. The number of aliphatic carboxylic acids is 1. The minimum atomic E-state index is -5.08. The summed E-state index contributed by atoms with van der Waals surface area (Å²) in [5.74, 6) is -2.06. The van der Waals surface area contributed by atoms with Gasteiger partial charge in [0.1, 0.15) is 23.9 Å². The fraction of sp³-hybridized carbons (Fsp3) is 0.400. The number of nitrogens with one attached hydrogen (secondary N) is 2. The number of rotatable bonds is 6. The molecule has 1 fully saturated rings. The van der Waals surface area contributed by atoms with Crippen LogP contribution in [0.5, 0.6) is 11.5 Å². The summed E-state index contributed by atoms with van der Waals surface area (Å²) < 4.78 is 116. The molecule has 0 saturated carbocycles. The first-order valence-electron chi connectivity index (χ1n) is 12.6. The van der Waals surface area contributed by atoms with Crippen molar-refractivity contribution in [3.63, 3.8) is 0 Å². The molecule has 5 rings (SSSR count). The van der Waals surface area contributed by atoms with Crippen LogP contribution in [0.15, 0.2) is 47.6 Å². The lowest BCUT2D eigenvalue weighted by Crippen LogP contribution is -2.27. The Labute approximate surface area is 245 Å². The number of carbonyl (C=O) groups is 1. The van der Waals surface area contributed by atoms with Crippen molar-refractivity contribution in [2.45, 2.75) is 48.5 Å². The number of alkyl halides is 6. The molecule has 0 amide bonds. The number of hydrogen-bond donors (Lipinski definition) is 3. The largest absolute Gasteiger partial charge is 0.493 e. The molecule has 1 atom stereocenters. The van der Waals surface area contributed by atoms with E-state index >= 15 is 0 Å². The molecule has 234 valence electrons. The zero-order valence-electron chi connectivity index (χ0n) is 21.9. The first kappa shape index (κ1) is 32.3. The number of carboxylic acid groups (broad SMARTS) is 1. The second-order valence-corrected chi connectivity index (χ2v) is 11.8. The lowest BCUT2D eigenvalue weighted by atomic mass is 9.88. The lowest BCUT2D eigenvalue weighted by molar-refractivity contribution is -0.192. The Balaban J connectivity index is 0.000000541. The molecule has 0 aliphatic carbocycles. The van der Waals surface area contributed by atoms with Crippen molar-refractivity contribution in [1.82, 2.24) is 14.7 Å². The van der Waals surface area contributed by atoms with Crippen LogP contribution in [0.25, 0.3) is 0 Å². The number of carboxylic acids is 1. The minimum absolute atomic E-state index is 0.0120. The van der Waals surface area contributed by atoms with Crippen molar-refractivity contribution >= 4 is 32.7 Å². The van der Waals surface area contributed by atoms with Crippen molar-refractivity contribution in [2.75, 3.05) is 24.4 Å². The highest BCUT2D eigenvalue weighted by atomic mass is 32.2. The molecule has 1 aromatic heterocycles. The highest BCUT2D eigenvalue weighted by Gasteiger charge is 2.38. The number of fused-ring (bicyclic) bond motifs is 1. The van der Waals surface area contributed by atoms with Gasteiger partial charge in [-0.25, -0.2) is 18.2 Å². The Morgan fingerprint density at radius 3 is 2.35 bits per heavy atom. The molecule has 3 N–H and O–H groups in total. The lowest BCUT2D eigenvalue weighted by Gasteiger charge is -2.30. The van der Waals surface area contributed by atoms with Gasteiger partial charge in [-0.3, -0.25) is 4.72 Å². The molecule has 0 spiro atoms. The summed E-state index contributed by atoms with van der Waals surface area (Å²) in [4.78, 5) is 12.7. The van der Waals surface area contributed by atoms with Gasteiger partial charge in [-0.05, 0) is 61.7 Å². The molecular weight excluding hydrogens is 630 g/mol. The van der Waals surface area contributed by atoms with Crippen LogP contribution in [0.4, 0.5) is 31.5 Å². The average Bonchev–Trinajstić information content (AvgIpc) is 3.45. The van der Waals surface area contributed by atoms with E-state index in [1.165, 1.54) is 30.6 Å². The van der Waals surface area contributed by atoms with E-state index in [2.05, 4.69) is 19.4 Å². The fourth-order valence-corrected chi connectivity index (χ4v) is 6.13. The molecular formula is C25H24F6N4O6S2. The highest BCUT2D eigenvalue weighted by Crippen LogP contribution is 2.42. The predicted molar refractivity (Wildman–Crippen MR) is 141 cm³/mol. The molecule has 2 aliphatic heterocycles. The molecule has 1 unspecified atom stereocenters. The number of aromatic nitrogens is 2. The van der Waals surface area contributed by atoms with E-state index < -0.39 is 40.0 Å². The van der Waals surface area contributed by atoms with Gasteiger partial charge in [-0.2, -0.15) is 30.7 Å². The third kappa shape index (κ3) is 8.26. The SMILES string of the molecule is O=C(O)C(F)(F)F.O=S(=O)(Nc1ncns1)c1ccc2c(c1)OCCC2Oc1ccc(C(F)(F)F)cc1C1CCNCC1. The number of anilines is 1. The summed E-state index contributed by atoms with van der Waals surface area (Å²) in [5, 5.41) is 10.5. The normalized spacial score (nSPS) is 17.6. The van der Waals surface area contributed by atoms with Crippen molar-refractivity contribution in [3.05, 3.63) is 59.4 Å². The highest BCUT2D eigenvalue weighted by molar-refractivity contribution is 7.93. The summed E-state index contributed by atoms with van der Waals surface area (Å²) in [6, 6.07) is 8.08. The monoisotopic (exact) mass is 654 g/mol. The zero-order valence-corrected chi connectivity index (χ0v) is 23.5. The summed E-state index contributed by atoms with van der Waals surface area (Å²) in [5.41, 5.74) is 0.473. The van der Waals surface area contributed by atoms with E-state index in [1.807, 2.05) is 0 Å². The topological polar surface area (TPSA) is 140 Å². The minimum Gasteiger partial charge on any atom is -0.493 e. The first-order valence-corrected chi connectivity index (χ1v) is 14.9. The van der Waals surface area contributed by atoms with E-state index in [-0.39, 0.29) is 22.6 Å². The van der Waals surface area contributed by atoms with Gasteiger partial charge in [0.05, 0.1) is 17.1 Å². The zero-order chi connectivity index (χ0) is 31.4. The fourth-order valence-electron chi connectivity index (χ4n) is 4.46. The Morgan fingerprint density at radius 2 is 1.74 bits per heavy atom. The quantitative estimate of drug-likeness (QED) is 0.300. The van der Waals surface area contributed by atoms with E-state index in [1.54, 1.807) is 6.07 Å². The van der Waals surface area contributed by atoms with Gasteiger partial charge in [0.15, 0.2) is 0 Å². The maximum absolute atomic E-state index is 13.4. The number of benzene rings is 2. The number of hydrogen-bond acceptors (Lipinski definition) is 9. The summed E-state index contributed by atoms with van der Waals surface area (Å²) >= 11 is 0.913. The maximum atomic E-state index is 13.4. The third-order valence-corrected chi connectivity index (χ3v) is 8.54. The van der Waals surface area contributed by atoms with Crippen LogP contribution in [0.3, 0.4) is 0 Å². The number of nitrogens with zero attached hydrogens (tertiary/aromatic N) is 2. The van der Waals surface area contributed by atoms with Gasteiger partial charge in [0, 0.05) is 29.6 Å². The van der Waals surface area contributed by atoms with Crippen LogP contribution in [0.2, 0.25) is 0 Å². The van der Waals surface area contributed by atoms with Crippen LogP contribution in [-0.2, 0) is 21.0 Å². The molecule has 18 heteroatoms. The third-order valence-electron chi connectivity index (χ3n) is 6.49. The van der Waals surface area contributed by atoms with Crippen molar-refractivity contribution in [3.8, 4) is 11.5 Å². The summed E-state index contributed by atoms with van der Waals surface area (Å²) in [6.45, 7) is 1.72. The molecule has 2 aliphatic rings. The second-order valence-electron chi connectivity index (χ2n) is 9.37. The second kappa shape index (κ2) is 12.9. The molecule has 3 aromatic rings. The van der Waals surface area contributed by atoms with Crippen molar-refractivity contribution in [1.29, 1.82) is 0 Å². The average molecular weight is 655 g/mol. The van der Waals surface area contributed by atoms with Gasteiger partial charge in [-0.1, -0.05) is 6.07 Å². The molecule has 0 radical (unpaired) electrons. The van der Waals surface area contributed by atoms with Crippen molar-refractivity contribution < 1.29 is 54.1 Å². The van der Waals surface area contributed by atoms with Crippen LogP contribution in [0, 0.1) is 0 Å². The number of ether oxygens (including phenoxy) is 2. The van der Waals surface area contributed by atoms with Gasteiger partial charge >= 0.3 is 18.3 Å². The van der Waals surface area contributed by atoms with E-state index in [9.17, 15) is 34.8 Å². The van der Waals surface area contributed by atoms with Crippen LogP contribution >= 0.6 is 11.5 Å². The molecule has 0 bridgehead atoms. The van der Waals surface area contributed by atoms with Crippen LogP contribution < -0.4 is 19.5 Å². The first-order chi connectivity index (χ1) is 20.1. The standard InChI is InChI=1S/C23H23F3N4O4S2.C2HF3O2/c24-23(25,26)15-1-4-19(18(11-15)14-5-8-27-9-6-14)34-20-7-10-33-21-12-16(2-3-17(20)21)36(31,32)30-22-28-13-29-35-22;3-2(4,5)1(6)7/h1-4,11-14,20,27H,5-10H2,(H,28,29,30);(H,6,7). The molecule has 1 saturated heterocycles. The number of halogens is 6. The van der Waals surface area contributed by atoms with Gasteiger partial charge < -0.3 is 19.9 Å². The van der Waals surface area contributed by atoms with E-state index in [4.69, 9.17) is 19.4 Å². The number of piperidine rings is 1. The van der Waals surface area contributed by atoms with Gasteiger partial charge in [0.2, 0.25) is 5.13 Å². The Hall–Kier alpha value is -3.64. The molecule has 43 heavy (non-hydrogen) atoms. The summed E-state index contributed by atoms with van der Waals surface area (Å²) in [7, 11) is -3.91. The van der Waals surface area contributed by atoms with Gasteiger partial charge in [0.25, 0.3) is 10.0 Å². The Bertz CT molecular complexity index is 1530. The maximum Gasteiger partial charge on any atom is 0.490 e. The smallest absolute Gasteiger partial charge is 0.490 e. The Morgan fingerprint density at radius 1 is 1.05 bits per heavy atom. The summed E-state index contributed by atoms with van der Waals surface area (Å²) in [6.07, 6.45) is -6.89. The van der Waals surface area contributed by atoms with Gasteiger partial charge in [-0.15, -0.1) is 0 Å². The van der Waals surface area contributed by atoms with E-state index in [0.29, 0.717) is 41.9 Å².